The normalized spacial score (nSPS) is 14.7. The Morgan fingerprint density at radius 1 is 1.33 bits per heavy atom. The van der Waals surface area contributed by atoms with Gasteiger partial charge in [-0.3, -0.25) is 4.79 Å². The zero-order valence-electron chi connectivity index (χ0n) is 9.71. The van der Waals surface area contributed by atoms with E-state index in [1.165, 1.54) is 25.3 Å². The van der Waals surface area contributed by atoms with Crippen molar-refractivity contribution >= 4 is 11.8 Å². The number of carbonyl (C=O) groups excluding carboxylic acids is 1. The zero-order chi connectivity index (χ0) is 13.1. The van der Waals surface area contributed by atoms with E-state index in [4.69, 9.17) is 19.3 Å². The van der Waals surface area contributed by atoms with Crippen molar-refractivity contribution in [2.75, 3.05) is 20.3 Å². The van der Waals surface area contributed by atoms with Crippen molar-refractivity contribution in [3.05, 3.63) is 23.8 Å². The third-order valence-corrected chi connectivity index (χ3v) is 2.52. The van der Waals surface area contributed by atoms with Gasteiger partial charge in [-0.15, -0.1) is 0 Å². The largest absolute Gasteiger partial charge is 0.493 e. The van der Waals surface area contributed by atoms with Gasteiger partial charge in [0.1, 0.15) is 6.10 Å². The maximum absolute atomic E-state index is 11.3. The molecule has 1 aromatic carbocycles. The number of carboxylic acids is 1. The van der Waals surface area contributed by atoms with Crippen LogP contribution in [-0.2, 0) is 9.53 Å². The predicted molar refractivity (Wildman–Crippen MR) is 60.2 cm³/mol. The Bertz CT molecular complexity index is 477. The van der Waals surface area contributed by atoms with Crippen LogP contribution in [0.4, 0.5) is 0 Å². The Labute approximate surface area is 103 Å². The third-order valence-electron chi connectivity index (χ3n) is 2.52. The highest BCUT2D eigenvalue weighted by molar-refractivity contribution is 6.39. The van der Waals surface area contributed by atoms with Gasteiger partial charge in [0.15, 0.2) is 11.5 Å². The van der Waals surface area contributed by atoms with Crippen LogP contribution in [0.5, 0.6) is 11.5 Å². The van der Waals surface area contributed by atoms with Crippen LogP contribution in [0.2, 0.25) is 0 Å². The van der Waals surface area contributed by atoms with Crippen LogP contribution >= 0.6 is 0 Å². The summed E-state index contributed by atoms with van der Waals surface area (Å²) in [5.41, 5.74) is 0.0524. The quantitative estimate of drug-likeness (QED) is 0.614. The van der Waals surface area contributed by atoms with E-state index in [0.29, 0.717) is 24.7 Å². The molecule has 18 heavy (non-hydrogen) atoms. The summed E-state index contributed by atoms with van der Waals surface area (Å²) in [6, 6.07) is 4.27. The summed E-state index contributed by atoms with van der Waals surface area (Å²) in [7, 11) is 1.43. The molecule has 1 saturated heterocycles. The van der Waals surface area contributed by atoms with E-state index in [0.717, 1.165) is 0 Å². The summed E-state index contributed by atoms with van der Waals surface area (Å²) < 4.78 is 15.6. The van der Waals surface area contributed by atoms with Gasteiger partial charge in [0.05, 0.1) is 20.3 Å². The fraction of sp³-hybridized carbons (Fsp3) is 0.333. The zero-order valence-corrected chi connectivity index (χ0v) is 9.71. The molecule has 1 N–H and O–H groups in total. The molecule has 96 valence electrons. The second-order valence-corrected chi connectivity index (χ2v) is 3.78. The molecular formula is C12H12O6. The Morgan fingerprint density at radius 2 is 2.06 bits per heavy atom. The lowest BCUT2D eigenvalue weighted by atomic mass is 10.1. The molecule has 0 unspecified atom stereocenters. The number of carbonyl (C=O) groups is 2. The van der Waals surface area contributed by atoms with Crippen molar-refractivity contribution in [2.45, 2.75) is 6.10 Å². The molecule has 1 aromatic rings. The predicted octanol–water partition coefficient (Wildman–Crippen LogP) is 0.740. The first-order valence-corrected chi connectivity index (χ1v) is 5.32. The molecule has 6 nitrogen and oxygen atoms in total. The van der Waals surface area contributed by atoms with E-state index in [-0.39, 0.29) is 11.7 Å². The van der Waals surface area contributed by atoms with E-state index in [9.17, 15) is 9.59 Å². The summed E-state index contributed by atoms with van der Waals surface area (Å²) >= 11 is 0. The summed E-state index contributed by atoms with van der Waals surface area (Å²) in [5, 5.41) is 8.62. The number of methoxy groups -OCH3 is 1. The molecule has 1 aliphatic rings. The standard InChI is InChI=1S/C12H12O6/c1-16-10-4-7(11(13)12(14)15)2-3-9(10)18-8-5-17-6-8/h2-4,8H,5-6H2,1H3,(H,14,15). The summed E-state index contributed by atoms with van der Waals surface area (Å²) in [4.78, 5) is 21.9. The molecule has 2 rings (SSSR count). The second-order valence-electron chi connectivity index (χ2n) is 3.78. The Kier molecular flexibility index (Phi) is 3.47. The third kappa shape index (κ3) is 2.43. The molecule has 1 fully saturated rings. The number of ketones is 1. The summed E-state index contributed by atoms with van der Waals surface area (Å²) in [5.74, 6) is -1.69. The minimum atomic E-state index is -1.50. The molecule has 0 aliphatic carbocycles. The maximum Gasteiger partial charge on any atom is 0.377 e. The van der Waals surface area contributed by atoms with Crippen LogP contribution in [0.15, 0.2) is 18.2 Å². The van der Waals surface area contributed by atoms with Crippen LogP contribution in [0, 0.1) is 0 Å². The van der Waals surface area contributed by atoms with Crippen molar-refractivity contribution in [1.82, 2.24) is 0 Å². The number of carboxylic acid groups (broad SMARTS) is 1. The van der Waals surface area contributed by atoms with Gasteiger partial charge in [-0.25, -0.2) is 4.79 Å². The number of benzene rings is 1. The lowest BCUT2D eigenvalue weighted by molar-refractivity contribution is -0.131. The number of hydrogen-bond acceptors (Lipinski definition) is 5. The van der Waals surface area contributed by atoms with E-state index >= 15 is 0 Å². The number of rotatable bonds is 5. The fourth-order valence-electron chi connectivity index (χ4n) is 1.49. The van der Waals surface area contributed by atoms with Crippen LogP contribution in [0.25, 0.3) is 0 Å². The molecule has 0 aromatic heterocycles. The smallest absolute Gasteiger partial charge is 0.377 e. The first-order valence-electron chi connectivity index (χ1n) is 5.32. The highest BCUT2D eigenvalue weighted by atomic mass is 16.6. The molecule has 0 bridgehead atoms. The minimum absolute atomic E-state index is 0.0278. The van der Waals surface area contributed by atoms with Crippen molar-refractivity contribution in [3.63, 3.8) is 0 Å². The number of ether oxygens (including phenoxy) is 3. The van der Waals surface area contributed by atoms with Crippen LogP contribution < -0.4 is 9.47 Å². The highest BCUT2D eigenvalue weighted by Crippen LogP contribution is 2.30. The Balaban J connectivity index is 2.21. The maximum atomic E-state index is 11.3. The molecule has 6 heteroatoms. The number of aliphatic carboxylic acids is 1. The monoisotopic (exact) mass is 252 g/mol. The Hall–Kier alpha value is -2.08. The van der Waals surface area contributed by atoms with Crippen molar-refractivity contribution in [1.29, 1.82) is 0 Å². The average Bonchev–Trinajstić information content (AvgIpc) is 2.32. The highest BCUT2D eigenvalue weighted by Gasteiger charge is 2.23. The molecular weight excluding hydrogens is 240 g/mol. The molecule has 0 spiro atoms. The molecule has 0 atom stereocenters. The van der Waals surface area contributed by atoms with Gasteiger partial charge in [-0.1, -0.05) is 0 Å². The molecule has 0 amide bonds. The molecule has 1 aliphatic heterocycles. The van der Waals surface area contributed by atoms with Crippen LogP contribution in [-0.4, -0.2) is 43.3 Å². The lowest BCUT2D eigenvalue weighted by Gasteiger charge is -2.27. The van der Waals surface area contributed by atoms with Gasteiger partial charge in [-0.05, 0) is 18.2 Å². The summed E-state index contributed by atoms with van der Waals surface area (Å²) in [6.07, 6.45) is -0.0278. The SMILES string of the molecule is COc1cc(C(=O)C(=O)O)ccc1OC1COC1. The molecule has 0 saturated carbocycles. The van der Waals surface area contributed by atoms with Crippen LogP contribution in [0.3, 0.4) is 0 Å². The summed E-state index contributed by atoms with van der Waals surface area (Å²) in [6.45, 7) is 1.03. The van der Waals surface area contributed by atoms with Gasteiger partial charge in [0.25, 0.3) is 5.78 Å². The molecule has 1 heterocycles. The van der Waals surface area contributed by atoms with E-state index in [1.54, 1.807) is 0 Å². The second kappa shape index (κ2) is 5.05. The minimum Gasteiger partial charge on any atom is -0.493 e. The number of Topliss-reactive ketones (excluding diaryl/α,β-unsaturated/α-hetero) is 1. The average molecular weight is 252 g/mol. The van der Waals surface area contributed by atoms with Gasteiger partial charge in [-0.2, -0.15) is 0 Å². The van der Waals surface area contributed by atoms with Gasteiger partial charge in [0, 0.05) is 5.56 Å². The fourth-order valence-corrected chi connectivity index (χ4v) is 1.49. The first kappa shape index (κ1) is 12.4. The van der Waals surface area contributed by atoms with Gasteiger partial charge in [0.2, 0.25) is 0 Å². The number of hydrogen-bond donors (Lipinski definition) is 1. The van der Waals surface area contributed by atoms with Gasteiger partial charge < -0.3 is 19.3 Å². The lowest BCUT2D eigenvalue weighted by Crippen LogP contribution is -2.38. The first-order chi connectivity index (χ1) is 8.61. The van der Waals surface area contributed by atoms with E-state index < -0.39 is 11.8 Å². The van der Waals surface area contributed by atoms with Crippen molar-refractivity contribution in [2.24, 2.45) is 0 Å². The van der Waals surface area contributed by atoms with Crippen LogP contribution in [0.1, 0.15) is 10.4 Å². The van der Waals surface area contributed by atoms with E-state index in [2.05, 4.69) is 0 Å². The van der Waals surface area contributed by atoms with Crippen molar-refractivity contribution in [3.8, 4) is 11.5 Å². The van der Waals surface area contributed by atoms with Crippen molar-refractivity contribution < 1.29 is 28.9 Å². The molecule has 0 radical (unpaired) electrons. The Morgan fingerprint density at radius 3 is 2.56 bits per heavy atom. The topological polar surface area (TPSA) is 82.1 Å². The van der Waals surface area contributed by atoms with Gasteiger partial charge >= 0.3 is 5.97 Å². The van der Waals surface area contributed by atoms with E-state index in [1.807, 2.05) is 0 Å².